The SMILES string of the molecule is COc1ccc(S(=O)(=O)N2CCN(Cc3ccc4c(c3)OCO4)CC2)c(C)c1C. The Labute approximate surface area is 171 Å². The highest BCUT2D eigenvalue weighted by molar-refractivity contribution is 7.89. The Balaban J connectivity index is 1.43. The molecule has 2 aromatic carbocycles. The van der Waals surface area contributed by atoms with Crippen LogP contribution < -0.4 is 14.2 Å². The second-order valence-electron chi connectivity index (χ2n) is 7.38. The van der Waals surface area contributed by atoms with Crippen LogP contribution in [0.1, 0.15) is 16.7 Å². The molecule has 1 saturated heterocycles. The minimum absolute atomic E-state index is 0.263. The van der Waals surface area contributed by atoms with E-state index < -0.39 is 10.0 Å². The van der Waals surface area contributed by atoms with Gasteiger partial charge in [0.05, 0.1) is 12.0 Å². The van der Waals surface area contributed by atoms with E-state index in [9.17, 15) is 8.42 Å². The van der Waals surface area contributed by atoms with Gasteiger partial charge in [0.2, 0.25) is 16.8 Å². The van der Waals surface area contributed by atoms with Crippen molar-refractivity contribution in [2.24, 2.45) is 0 Å². The standard InChI is InChI=1S/C21H26N2O5S/c1-15-16(2)21(7-6-18(15)26-3)29(24,25)23-10-8-22(9-11-23)13-17-4-5-19-20(12-17)28-14-27-19/h4-7,12H,8-11,13-14H2,1-3H3. The minimum Gasteiger partial charge on any atom is -0.496 e. The van der Waals surface area contributed by atoms with Gasteiger partial charge in [-0.3, -0.25) is 4.90 Å². The van der Waals surface area contributed by atoms with Gasteiger partial charge in [0.1, 0.15) is 5.75 Å². The lowest BCUT2D eigenvalue weighted by atomic mass is 10.1. The summed E-state index contributed by atoms with van der Waals surface area (Å²) in [5.74, 6) is 2.25. The number of hydrogen-bond donors (Lipinski definition) is 0. The highest BCUT2D eigenvalue weighted by atomic mass is 32.2. The second-order valence-corrected chi connectivity index (χ2v) is 9.29. The zero-order valence-corrected chi connectivity index (χ0v) is 17.8. The number of rotatable bonds is 5. The van der Waals surface area contributed by atoms with E-state index >= 15 is 0 Å². The number of nitrogens with zero attached hydrogens (tertiary/aromatic N) is 2. The Morgan fingerprint density at radius 2 is 1.69 bits per heavy atom. The van der Waals surface area contributed by atoms with Crippen LogP contribution in [0.3, 0.4) is 0 Å². The van der Waals surface area contributed by atoms with Crippen molar-refractivity contribution < 1.29 is 22.6 Å². The first-order valence-corrected chi connectivity index (χ1v) is 11.1. The van der Waals surface area contributed by atoms with Crippen LogP contribution >= 0.6 is 0 Å². The molecule has 0 radical (unpaired) electrons. The zero-order chi connectivity index (χ0) is 20.6. The van der Waals surface area contributed by atoms with Crippen LogP contribution in [0.4, 0.5) is 0 Å². The summed E-state index contributed by atoms with van der Waals surface area (Å²) in [6.07, 6.45) is 0. The summed E-state index contributed by atoms with van der Waals surface area (Å²) in [6, 6.07) is 9.32. The largest absolute Gasteiger partial charge is 0.496 e. The van der Waals surface area contributed by atoms with Crippen LogP contribution in [-0.2, 0) is 16.6 Å². The first kappa shape index (κ1) is 20.0. The van der Waals surface area contributed by atoms with Crippen molar-refractivity contribution in [2.75, 3.05) is 40.1 Å². The van der Waals surface area contributed by atoms with Crippen LogP contribution in [0.15, 0.2) is 35.2 Å². The van der Waals surface area contributed by atoms with Crippen molar-refractivity contribution in [3.63, 3.8) is 0 Å². The van der Waals surface area contributed by atoms with Gasteiger partial charge in [-0.05, 0) is 54.8 Å². The molecule has 0 saturated carbocycles. The molecule has 2 heterocycles. The topological polar surface area (TPSA) is 68.3 Å². The van der Waals surface area contributed by atoms with Gasteiger partial charge in [-0.15, -0.1) is 0 Å². The van der Waals surface area contributed by atoms with E-state index in [2.05, 4.69) is 4.90 Å². The quantitative estimate of drug-likeness (QED) is 0.743. The smallest absolute Gasteiger partial charge is 0.243 e. The van der Waals surface area contributed by atoms with Gasteiger partial charge < -0.3 is 14.2 Å². The number of hydrogen-bond acceptors (Lipinski definition) is 6. The molecule has 0 aromatic heterocycles. The van der Waals surface area contributed by atoms with Gasteiger partial charge in [-0.1, -0.05) is 6.07 Å². The Kier molecular flexibility index (Phi) is 5.42. The lowest BCUT2D eigenvalue weighted by molar-refractivity contribution is 0.173. The number of sulfonamides is 1. The lowest BCUT2D eigenvalue weighted by Crippen LogP contribution is -2.48. The fourth-order valence-electron chi connectivity index (χ4n) is 3.84. The molecule has 2 aliphatic heterocycles. The molecule has 1 fully saturated rings. The molecule has 0 unspecified atom stereocenters. The van der Waals surface area contributed by atoms with E-state index in [0.29, 0.717) is 36.8 Å². The van der Waals surface area contributed by atoms with E-state index in [1.54, 1.807) is 23.5 Å². The van der Waals surface area contributed by atoms with Crippen molar-refractivity contribution in [3.05, 3.63) is 47.0 Å². The Morgan fingerprint density at radius 1 is 0.966 bits per heavy atom. The average Bonchev–Trinajstić information content (AvgIpc) is 3.18. The van der Waals surface area contributed by atoms with E-state index in [1.807, 2.05) is 32.0 Å². The summed E-state index contributed by atoms with van der Waals surface area (Å²) < 4.78 is 44.1. The van der Waals surface area contributed by atoms with Crippen molar-refractivity contribution in [1.82, 2.24) is 9.21 Å². The van der Waals surface area contributed by atoms with E-state index in [4.69, 9.17) is 14.2 Å². The van der Waals surface area contributed by atoms with Crippen LogP contribution in [0.25, 0.3) is 0 Å². The molecule has 4 rings (SSSR count). The normalized spacial score (nSPS) is 17.5. The van der Waals surface area contributed by atoms with Gasteiger partial charge in [-0.2, -0.15) is 4.31 Å². The maximum atomic E-state index is 13.2. The fourth-order valence-corrected chi connectivity index (χ4v) is 5.54. The van der Waals surface area contributed by atoms with Gasteiger partial charge >= 0.3 is 0 Å². The molecular weight excluding hydrogens is 392 g/mol. The Morgan fingerprint density at radius 3 is 2.41 bits per heavy atom. The third-order valence-corrected chi connectivity index (χ3v) is 7.74. The number of fused-ring (bicyclic) bond motifs is 1. The molecule has 2 aliphatic rings. The number of ether oxygens (including phenoxy) is 3. The summed E-state index contributed by atoms with van der Waals surface area (Å²) in [7, 11) is -1.94. The molecule has 0 amide bonds. The van der Waals surface area contributed by atoms with Gasteiger partial charge in [0, 0.05) is 32.7 Å². The van der Waals surface area contributed by atoms with E-state index in [0.717, 1.165) is 34.7 Å². The summed E-state index contributed by atoms with van der Waals surface area (Å²) in [4.78, 5) is 2.62. The molecule has 0 spiro atoms. The highest BCUT2D eigenvalue weighted by Crippen LogP contribution is 2.33. The molecule has 0 atom stereocenters. The first-order valence-electron chi connectivity index (χ1n) is 9.65. The third-order valence-electron chi connectivity index (χ3n) is 5.70. The van der Waals surface area contributed by atoms with Gasteiger partial charge in [-0.25, -0.2) is 8.42 Å². The number of piperazine rings is 1. The van der Waals surface area contributed by atoms with E-state index in [1.165, 1.54) is 0 Å². The molecule has 8 heteroatoms. The van der Waals surface area contributed by atoms with Crippen LogP contribution in [0, 0.1) is 13.8 Å². The van der Waals surface area contributed by atoms with Crippen molar-refractivity contribution >= 4 is 10.0 Å². The van der Waals surface area contributed by atoms with Crippen LogP contribution in [0.5, 0.6) is 17.2 Å². The maximum Gasteiger partial charge on any atom is 0.243 e. The lowest BCUT2D eigenvalue weighted by Gasteiger charge is -2.34. The highest BCUT2D eigenvalue weighted by Gasteiger charge is 2.30. The van der Waals surface area contributed by atoms with Crippen LogP contribution in [-0.4, -0.2) is 57.7 Å². The predicted octanol–water partition coefficient (Wildman–Crippen LogP) is 2.55. The molecule has 7 nitrogen and oxygen atoms in total. The molecule has 0 aliphatic carbocycles. The fraction of sp³-hybridized carbons (Fsp3) is 0.429. The molecule has 0 N–H and O–H groups in total. The van der Waals surface area contributed by atoms with Crippen molar-refractivity contribution in [1.29, 1.82) is 0 Å². The Bertz CT molecular complexity index is 1010. The summed E-state index contributed by atoms with van der Waals surface area (Å²) in [5, 5.41) is 0. The van der Waals surface area contributed by atoms with Gasteiger partial charge in [0.15, 0.2) is 11.5 Å². The number of methoxy groups -OCH3 is 1. The van der Waals surface area contributed by atoms with Crippen LogP contribution in [0.2, 0.25) is 0 Å². The predicted molar refractivity (Wildman–Crippen MR) is 109 cm³/mol. The summed E-state index contributed by atoms with van der Waals surface area (Å²) >= 11 is 0. The average molecular weight is 419 g/mol. The van der Waals surface area contributed by atoms with Crippen molar-refractivity contribution in [2.45, 2.75) is 25.3 Å². The van der Waals surface area contributed by atoms with E-state index in [-0.39, 0.29) is 6.79 Å². The molecule has 0 bridgehead atoms. The molecule has 2 aromatic rings. The summed E-state index contributed by atoms with van der Waals surface area (Å²) in [6.45, 7) is 7.04. The maximum absolute atomic E-state index is 13.2. The van der Waals surface area contributed by atoms with Gasteiger partial charge in [0.25, 0.3) is 0 Å². The minimum atomic E-state index is -3.53. The molecule has 29 heavy (non-hydrogen) atoms. The van der Waals surface area contributed by atoms with Crippen molar-refractivity contribution in [3.8, 4) is 17.2 Å². The monoisotopic (exact) mass is 418 g/mol. The second kappa shape index (κ2) is 7.85. The first-order chi connectivity index (χ1) is 13.9. The zero-order valence-electron chi connectivity index (χ0n) is 17.0. The Hall–Kier alpha value is -2.29. The molecule has 156 valence electrons. The summed E-state index contributed by atoms with van der Waals surface area (Å²) in [5.41, 5.74) is 2.73. The number of benzene rings is 2. The molecular formula is C21H26N2O5S. The third kappa shape index (κ3) is 3.80.